The summed E-state index contributed by atoms with van der Waals surface area (Å²) in [6.45, 7) is 0. The fourth-order valence-corrected chi connectivity index (χ4v) is 2.51. The van der Waals surface area contributed by atoms with Crippen molar-refractivity contribution >= 4 is 11.0 Å². The predicted molar refractivity (Wildman–Crippen MR) is 87.6 cm³/mol. The molecule has 0 unspecified atom stereocenters. The number of methoxy groups -OCH3 is 3. The topological polar surface area (TPSA) is 57.9 Å². The van der Waals surface area contributed by atoms with E-state index in [-0.39, 0.29) is 0 Å². The summed E-state index contributed by atoms with van der Waals surface area (Å²) in [6.07, 6.45) is 0. The van der Waals surface area contributed by atoms with E-state index in [9.17, 15) is 4.79 Å². The Hall–Kier alpha value is -2.95. The number of ether oxygens (including phenoxy) is 3. The maximum absolute atomic E-state index is 11.9. The minimum atomic E-state index is -0.410. The molecule has 0 N–H and O–H groups in total. The number of hydrogen-bond acceptors (Lipinski definition) is 5. The van der Waals surface area contributed by atoms with Gasteiger partial charge in [-0.15, -0.1) is 0 Å². The van der Waals surface area contributed by atoms with E-state index < -0.39 is 5.63 Å². The second-order valence-electron chi connectivity index (χ2n) is 4.91. The average Bonchev–Trinajstić information content (AvgIpc) is 2.59. The van der Waals surface area contributed by atoms with E-state index in [0.29, 0.717) is 22.8 Å². The molecule has 0 saturated carbocycles. The van der Waals surface area contributed by atoms with Crippen molar-refractivity contribution in [3.8, 4) is 28.4 Å². The Kier molecular flexibility index (Phi) is 3.93. The quantitative estimate of drug-likeness (QED) is 0.690. The Morgan fingerprint density at radius 3 is 2.30 bits per heavy atom. The van der Waals surface area contributed by atoms with Crippen LogP contribution in [0.25, 0.3) is 22.1 Å². The standard InChI is InChI=1S/C18H16O5/c1-20-12-5-7-15-14(9-12)13(10-18(19)23-15)11-4-6-16(21-2)17(8-11)22-3/h4-10H,1-3H3. The molecule has 5 heteroatoms. The van der Waals surface area contributed by atoms with Gasteiger partial charge in [-0.05, 0) is 35.9 Å². The van der Waals surface area contributed by atoms with Crippen LogP contribution in [-0.4, -0.2) is 21.3 Å². The van der Waals surface area contributed by atoms with Gasteiger partial charge >= 0.3 is 5.63 Å². The summed E-state index contributed by atoms with van der Waals surface area (Å²) in [5.74, 6) is 1.91. The van der Waals surface area contributed by atoms with E-state index in [1.165, 1.54) is 6.07 Å². The number of benzene rings is 2. The van der Waals surface area contributed by atoms with Gasteiger partial charge in [0.1, 0.15) is 11.3 Å². The lowest BCUT2D eigenvalue weighted by Crippen LogP contribution is -1.99. The zero-order valence-corrected chi connectivity index (χ0v) is 13.1. The van der Waals surface area contributed by atoms with Crippen LogP contribution in [0.1, 0.15) is 0 Å². The molecule has 3 aromatic rings. The first-order valence-corrected chi connectivity index (χ1v) is 7.00. The van der Waals surface area contributed by atoms with Gasteiger partial charge in [0.2, 0.25) is 0 Å². The molecular weight excluding hydrogens is 296 g/mol. The third-order valence-electron chi connectivity index (χ3n) is 3.64. The maximum Gasteiger partial charge on any atom is 0.336 e. The van der Waals surface area contributed by atoms with Crippen molar-refractivity contribution in [1.82, 2.24) is 0 Å². The van der Waals surface area contributed by atoms with Crippen molar-refractivity contribution in [1.29, 1.82) is 0 Å². The van der Waals surface area contributed by atoms with Crippen molar-refractivity contribution in [2.75, 3.05) is 21.3 Å². The highest BCUT2D eigenvalue weighted by Gasteiger charge is 2.12. The Labute approximate surface area is 133 Å². The summed E-state index contributed by atoms with van der Waals surface area (Å²) in [6, 6.07) is 12.3. The number of hydrogen-bond donors (Lipinski definition) is 0. The van der Waals surface area contributed by atoms with E-state index in [0.717, 1.165) is 16.5 Å². The number of rotatable bonds is 4. The van der Waals surface area contributed by atoms with Crippen molar-refractivity contribution in [3.05, 3.63) is 52.9 Å². The van der Waals surface area contributed by atoms with E-state index in [4.69, 9.17) is 18.6 Å². The molecule has 1 heterocycles. The highest BCUT2D eigenvalue weighted by molar-refractivity contribution is 5.94. The maximum atomic E-state index is 11.9. The van der Waals surface area contributed by atoms with Gasteiger partial charge < -0.3 is 18.6 Å². The van der Waals surface area contributed by atoms with E-state index in [1.54, 1.807) is 39.5 Å². The van der Waals surface area contributed by atoms with Gasteiger partial charge in [0.05, 0.1) is 21.3 Å². The Morgan fingerprint density at radius 1 is 0.826 bits per heavy atom. The minimum absolute atomic E-state index is 0.410. The summed E-state index contributed by atoms with van der Waals surface area (Å²) in [4.78, 5) is 11.9. The fraction of sp³-hybridized carbons (Fsp3) is 0.167. The molecule has 0 saturated heterocycles. The summed E-state index contributed by atoms with van der Waals surface area (Å²) in [7, 11) is 4.74. The molecule has 0 atom stereocenters. The SMILES string of the molecule is COc1ccc2oc(=O)cc(-c3ccc(OC)c(OC)c3)c2c1. The molecular formula is C18H16O5. The highest BCUT2D eigenvalue weighted by Crippen LogP contribution is 2.35. The minimum Gasteiger partial charge on any atom is -0.497 e. The first-order chi connectivity index (χ1) is 11.2. The summed E-state index contributed by atoms with van der Waals surface area (Å²) < 4.78 is 21.1. The number of fused-ring (bicyclic) bond motifs is 1. The summed E-state index contributed by atoms with van der Waals surface area (Å²) in [5.41, 5.74) is 1.67. The molecule has 0 radical (unpaired) electrons. The Morgan fingerprint density at radius 2 is 1.61 bits per heavy atom. The zero-order valence-electron chi connectivity index (χ0n) is 13.1. The smallest absolute Gasteiger partial charge is 0.336 e. The molecule has 5 nitrogen and oxygen atoms in total. The molecule has 0 spiro atoms. The van der Waals surface area contributed by atoms with Crippen LogP contribution in [0.3, 0.4) is 0 Å². The third-order valence-corrected chi connectivity index (χ3v) is 3.64. The lowest BCUT2D eigenvalue weighted by Gasteiger charge is -2.11. The van der Waals surface area contributed by atoms with E-state index in [2.05, 4.69) is 0 Å². The molecule has 0 aliphatic rings. The van der Waals surface area contributed by atoms with Crippen LogP contribution in [0.2, 0.25) is 0 Å². The zero-order chi connectivity index (χ0) is 16.4. The largest absolute Gasteiger partial charge is 0.497 e. The first-order valence-electron chi connectivity index (χ1n) is 7.00. The molecule has 0 bridgehead atoms. The lowest BCUT2D eigenvalue weighted by molar-refractivity contribution is 0.355. The predicted octanol–water partition coefficient (Wildman–Crippen LogP) is 3.49. The molecule has 1 aromatic heterocycles. The fourth-order valence-electron chi connectivity index (χ4n) is 2.51. The second kappa shape index (κ2) is 6.04. The molecule has 0 aliphatic heterocycles. The third kappa shape index (κ3) is 2.73. The Balaban J connectivity index is 2.28. The van der Waals surface area contributed by atoms with Crippen molar-refractivity contribution in [2.45, 2.75) is 0 Å². The molecule has 0 aliphatic carbocycles. The van der Waals surface area contributed by atoms with Crippen molar-refractivity contribution in [3.63, 3.8) is 0 Å². The molecule has 0 amide bonds. The molecule has 23 heavy (non-hydrogen) atoms. The van der Waals surface area contributed by atoms with E-state index >= 15 is 0 Å². The van der Waals surface area contributed by atoms with Gasteiger partial charge in [-0.1, -0.05) is 6.07 Å². The van der Waals surface area contributed by atoms with Gasteiger partial charge in [-0.2, -0.15) is 0 Å². The van der Waals surface area contributed by atoms with Crippen LogP contribution in [0.5, 0.6) is 17.2 Å². The monoisotopic (exact) mass is 312 g/mol. The van der Waals surface area contributed by atoms with Crippen LogP contribution in [0.15, 0.2) is 51.7 Å². The highest BCUT2D eigenvalue weighted by atomic mass is 16.5. The second-order valence-corrected chi connectivity index (χ2v) is 4.91. The van der Waals surface area contributed by atoms with Crippen LogP contribution < -0.4 is 19.8 Å². The van der Waals surface area contributed by atoms with Gasteiger partial charge in [-0.3, -0.25) is 0 Å². The Bertz CT molecular complexity index is 911. The van der Waals surface area contributed by atoms with Crippen LogP contribution in [-0.2, 0) is 0 Å². The van der Waals surface area contributed by atoms with Crippen LogP contribution in [0.4, 0.5) is 0 Å². The summed E-state index contributed by atoms with van der Waals surface area (Å²) >= 11 is 0. The van der Waals surface area contributed by atoms with Crippen molar-refractivity contribution < 1.29 is 18.6 Å². The van der Waals surface area contributed by atoms with Crippen LogP contribution >= 0.6 is 0 Å². The van der Waals surface area contributed by atoms with Gasteiger partial charge in [0.15, 0.2) is 11.5 Å². The summed E-state index contributed by atoms with van der Waals surface area (Å²) in [5, 5.41) is 0.788. The molecule has 118 valence electrons. The first kappa shape index (κ1) is 15.0. The van der Waals surface area contributed by atoms with Gasteiger partial charge in [0.25, 0.3) is 0 Å². The normalized spacial score (nSPS) is 10.6. The molecule has 0 fully saturated rings. The molecule has 2 aromatic carbocycles. The van der Waals surface area contributed by atoms with Crippen LogP contribution in [0, 0.1) is 0 Å². The average molecular weight is 312 g/mol. The lowest BCUT2D eigenvalue weighted by atomic mass is 10.0. The van der Waals surface area contributed by atoms with Gasteiger partial charge in [0, 0.05) is 17.0 Å². The van der Waals surface area contributed by atoms with E-state index in [1.807, 2.05) is 18.2 Å². The van der Waals surface area contributed by atoms with Gasteiger partial charge in [-0.25, -0.2) is 4.79 Å². The van der Waals surface area contributed by atoms with Crippen molar-refractivity contribution in [2.24, 2.45) is 0 Å². The molecule has 3 rings (SSSR count).